The summed E-state index contributed by atoms with van der Waals surface area (Å²) >= 11 is 0. The van der Waals surface area contributed by atoms with Crippen LogP contribution < -0.4 is 25.9 Å². The van der Waals surface area contributed by atoms with Crippen LogP contribution in [0.15, 0.2) is 75.1 Å². The molecule has 0 aliphatic rings. The molecule has 4 rings (SSSR count). The summed E-state index contributed by atoms with van der Waals surface area (Å²) in [6.45, 7) is 0.114. The Morgan fingerprint density at radius 3 is 2.37 bits per heavy atom. The molecule has 9 nitrogen and oxygen atoms in total. The Morgan fingerprint density at radius 1 is 0.943 bits per heavy atom. The minimum atomic E-state index is -3.98. The van der Waals surface area contributed by atoms with Crippen molar-refractivity contribution in [2.24, 2.45) is 12.2 Å². The van der Waals surface area contributed by atoms with Crippen molar-refractivity contribution < 1.29 is 17.9 Å². The Hall–Kier alpha value is -3.89. The quantitative estimate of drug-likeness (QED) is 0.420. The molecule has 10 heteroatoms. The van der Waals surface area contributed by atoms with Crippen LogP contribution in [-0.4, -0.2) is 31.8 Å². The molecule has 4 aromatic rings. The van der Waals surface area contributed by atoms with Gasteiger partial charge in [-0.3, -0.25) is 13.9 Å². The lowest BCUT2D eigenvalue weighted by molar-refractivity contribution is 0.397. The number of hydrogen-bond donors (Lipinski definition) is 1. The number of benzene rings is 3. The first kappa shape index (κ1) is 24.2. The Balaban J connectivity index is 1.83. The minimum Gasteiger partial charge on any atom is -0.497 e. The highest BCUT2D eigenvalue weighted by atomic mass is 32.2. The van der Waals surface area contributed by atoms with Crippen molar-refractivity contribution in [2.75, 3.05) is 14.2 Å². The van der Waals surface area contributed by atoms with E-state index in [1.807, 2.05) is 0 Å². The second-order valence-corrected chi connectivity index (χ2v) is 9.53. The molecular weight excluding hydrogens is 470 g/mol. The van der Waals surface area contributed by atoms with Crippen LogP contribution in [0.2, 0.25) is 0 Å². The Morgan fingerprint density at radius 2 is 1.69 bits per heavy atom. The van der Waals surface area contributed by atoms with Crippen LogP contribution in [-0.2, 0) is 30.0 Å². The lowest BCUT2D eigenvalue weighted by Gasteiger charge is -2.14. The lowest BCUT2D eigenvalue weighted by atomic mass is 10.0. The van der Waals surface area contributed by atoms with Gasteiger partial charge >= 0.3 is 5.69 Å². The summed E-state index contributed by atoms with van der Waals surface area (Å²) in [5, 5.41) is 5.67. The molecule has 3 aromatic carbocycles. The summed E-state index contributed by atoms with van der Waals surface area (Å²) in [4.78, 5) is 26.4. The van der Waals surface area contributed by atoms with Gasteiger partial charge in [-0.1, -0.05) is 24.3 Å². The monoisotopic (exact) mass is 495 g/mol. The smallest absolute Gasteiger partial charge is 0.331 e. The van der Waals surface area contributed by atoms with Gasteiger partial charge in [0.05, 0.1) is 30.0 Å². The van der Waals surface area contributed by atoms with Crippen molar-refractivity contribution in [1.82, 2.24) is 9.13 Å². The van der Waals surface area contributed by atoms with Gasteiger partial charge in [0.15, 0.2) is 0 Å². The number of hydrogen-bond acceptors (Lipinski definition) is 6. The van der Waals surface area contributed by atoms with E-state index in [2.05, 4.69) is 0 Å². The van der Waals surface area contributed by atoms with Crippen LogP contribution in [0.4, 0.5) is 0 Å². The first-order valence-corrected chi connectivity index (χ1v) is 12.3. The Kier molecular flexibility index (Phi) is 6.51. The molecule has 182 valence electrons. The maximum atomic E-state index is 13.4. The molecule has 1 aromatic heterocycles. The van der Waals surface area contributed by atoms with Gasteiger partial charge in [-0.15, -0.1) is 0 Å². The van der Waals surface area contributed by atoms with E-state index in [1.165, 1.54) is 10.6 Å². The van der Waals surface area contributed by atoms with Crippen molar-refractivity contribution in [3.63, 3.8) is 0 Å². The zero-order valence-corrected chi connectivity index (χ0v) is 20.3. The van der Waals surface area contributed by atoms with Gasteiger partial charge in [0.2, 0.25) is 10.0 Å². The number of nitrogens with zero attached hydrogens (tertiary/aromatic N) is 2. The van der Waals surface area contributed by atoms with Crippen LogP contribution in [0, 0.1) is 0 Å². The molecule has 0 fully saturated rings. The number of primary sulfonamides is 1. The standard InChI is InChI=1S/C25H25N3O6S/c1-27-21-10-8-16(19-6-4-5-7-23(19)35(26,31)32)15-20(21)24(29)28(25(27)30)13-12-17-14-18(33-2)9-11-22(17)34-3/h4-11,14-15H,12-13H2,1-3H3,(H2,26,31,32). The highest BCUT2D eigenvalue weighted by molar-refractivity contribution is 7.89. The van der Waals surface area contributed by atoms with E-state index >= 15 is 0 Å². The van der Waals surface area contributed by atoms with Crippen LogP contribution in [0.5, 0.6) is 11.5 Å². The maximum absolute atomic E-state index is 13.4. The summed E-state index contributed by atoms with van der Waals surface area (Å²) in [6.07, 6.45) is 0.356. The Bertz CT molecular complexity index is 1650. The van der Waals surface area contributed by atoms with Crippen LogP contribution >= 0.6 is 0 Å². The average Bonchev–Trinajstić information content (AvgIpc) is 2.86. The lowest BCUT2D eigenvalue weighted by Crippen LogP contribution is -2.39. The van der Waals surface area contributed by atoms with Gasteiger partial charge in [0, 0.05) is 19.2 Å². The zero-order valence-electron chi connectivity index (χ0n) is 19.5. The van der Waals surface area contributed by atoms with Crippen molar-refractivity contribution in [3.05, 3.63) is 87.1 Å². The number of fused-ring (bicyclic) bond motifs is 1. The van der Waals surface area contributed by atoms with Crippen molar-refractivity contribution in [1.29, 1.82) is 0 Å². The van der Waals surface area contributed by atoms with Crippen molar-refractivity contribution >= 4 is 20.9 Å². The molecular formula is C25H25N3O6S. The first-order valence-electron chi connectivity index (χ1n) is 10.7. The predicted octanol–water partition coefficient (Wildman–Crippen LogP) is 2.27. The summed E-state index contributed by atoms with van der Waals surface area (Å²) in [5.74, 6) is 1.26. The molecule has 0 saturated heterocycles. The highest BCUT2D eigenvalue weighted by Gasteiger charge is 2.17. The summed E-state index contributed by atoms with van der Waals surface area (Å²) < 4.78 is 37.4. The molecule has 35 heavy (non-hydrogen) atoms. The third kappa shape index (κ3) is 4.58. The normalized spacial score (nSPS) is 11.5. The van der Waals surface area contributed by atoms with Crippen LogP contribution in [0.1, 0.15) is 5.56 Å². The molecule has 0 amide bonds. The first-order chi connectivity index (χ1) is 16.7. The molecule has 0 bridgehead atoms. The topological polar surface area (TPSA) is 123 Å². The van der Waals surface area contributed by atoms with E-state index in [0.717, 1.165) is 10.1 Å². The molecule has 0 aliphatic carbocycles. The second kappa shape index (κ2) is 9.40. The van der Waals surface area contributed by atoms with Crippen molar-refractivity contribution in [2.45, 2.75) is 17.9 Å². The number of aromatic nitrogens is 2. The largest absolute Gasteiger partial charge is 0.497 e. The molecule has 1 heterocycles. The summed E-state index contributed by atoms with van der Waals surface area (Å²) in [6, 6.07) is 16.5. The SMILES string of the molecule is COc1ccc(OC)c(CCn2c(=O)c3cc(-c4ccccc4S(N)(=O)=O)ccc3n(C)c2=O)c1. The molecule has 0 radical (unpaired) electrons. The maximum Gasteiger partial charge on any atom is 0.331 e. The second-order valence-electron chi connectivity index (χ2n) is 8.00. The number of sulfonamides is 1. The fraction of sp³-hybridized carbons (Fsp3) is 0.200. The average molecular weight is 496 g/mol. The molecule has 0 atom stereocenters. The molecule has 2 N–H and O–H groups in total. The van der Waals surface area contributed by atoms with Gasteiger partial charge in [0.25, 0.3) is 5.56 Å². The van der Waals surface area contributed by atoms with Gasteiger partial charge < -0.3 is 9.47 Å². The van der Waals surface area contributed by atoms with E-state index in [4.69, 9.17) is 14.6 Å². The third-order valence-electron chi connectivity index (χ3n) is 5.95. The fourth-order valence-electron chi connectivity index (χ4n) is 4.14. The van der Waals surface area contributed by atoms with Crippen LogP contribution in [0.25, 0.3) is 22.0 Å². The Labute approximate surface area is 202 Å². The third-order valence-corrected chi connectivity index (χ3v) is 6.92. The predicted molar refractivity (Wildman–Crippen MR) is 134 cm³/mol. The number of methoxy groups -OCH3 is 2. The molecule has 0 aliphatic heterocycles. The van der Waals surface area contributed by atoms with E-state index in [9.17, 15) is 18.0 Å². The highest BCUT2D eigenvalue weighted by Crippen LogP contribution is 2.28. The van der Waals surface area contributed by atoms with E-state index in [0.29, 0.717) is 34.6 Å². The van der Waals surface area contributed by atoms with E-state index in [-0.39, 0.29) is 16.8 Å². The summed E-state index contributed by atoms with van der Waals surface area (Å²) in [5.41, 5.74) is 1.17. The minimum absolute atomic E-state index is 0.0467. The number of nitrogens with two attached hydrogens (primary N) is 1. The van der Waals surface area contributed by atoms with E-state index in [1.54, 1.807) is 75.9 Å². The van der Waals surface area contributed by atoms with Crippen LogP contribution in [0.3, 0.4) is 0 Å². The molecule has 0 saturated carbocycles. The fourth-order valence-corrected chi connectivity index (χ4v) is 4.90. The molecule has 0 unspecified atom stereocenters. The van der Waals surface area contributed by atoms with Gasteiger partial charge in [-0.05, 0) is 53.9 Å². The van der Waals surface area contributed by atoms with E-state index < -0.39 is 21.3 Å². The van der Waals surface area contributed by atoms with Gasteiger partial charge in [-0.2, -0.15) is 0 Å². The summed E-state index contributed by atoms with van der Waals surface area (Å²) in [7, 11) is 0.713. The number of ether oxygens (including phenoxy) is 2. The van der Waals surface area contributed by atoms with Gasteiger partial charge in [0.1, 0.15) is 11.5 Å². The van der Waals surface area contributed by atoms with Crippen molar-refractivity contribution in [3.8, 4) is 22.6 Å². The number of rotatable bonds is 7. The molecule has 0 spiro atoms. The van der Waals surface area contributed by atoms with Gasteiger partial charge in [-0.25, -0.2) is 18.4 Å². The number of aryl methyl sites for hydroxylation is 2. The zero-order chi connectivity index (χ0) is 25.3.